The van der Waals surface area contributed by atoms with E-state index < -0.39 is 109 Å². The summed E-state index contributed by atoms with van der Waals surface area (Å²) in [6.45, 7) is 18.0. The first kappa shape index (κ1) is 56.6. The molecule has 21 nitrogen and oxygen atoms in total. The van der Waals surface area contributed by atoms with Crippen LogP contribution >= 0.6 is 0 Å². The monoisotopic (exact) mass is 889 g/mol. The van der Waals surface area contributed by atoms with Crippen molar-refractivity contribution in [2.24, 2.45) is 17.6 Å². The zero-order valence-electron chi connectivity index (χ0n) is 37.8. The van der Waals surface area contributed by atoms with Crippen molar-refractivity contribution in [1.82, 2.24) is 47.4 Å². The highest BCUT2D eigenvalue weighted by molar-refractivity contribution is 6.00. The van der Waals surface area contributed by atoms with Crippen molar-refractivity contribution in [2.75, 3.05) is 39.3 Å². The van der Waals surface area contributed by atoms with Crippen LogP contribution in [-0.2, 0) is 54.4 Å². The lowest BCUT2D eigenvalue weighted by Crippen LogP contribution is -2.59. The van der Waals surface area contributed by atoms with Crippen molar-refractivity contribution in [2.45, 2.75) is 105 Å². The number of nitrogens with two attached hydrogens (primary N) is 1. The molecule has 0 aliphatic carbocycles. The van der Waals surface area contributed by atoms with Crippen LogP contribution in [0.4, 0.5) is 0 Å². The molecule has 352 valence electrons. The van der Waals surface area contributed by atoms with Crippen LogP contribution in [0.3, 0.4) is 0 Å². The molecule has 0 bridgehead atoms. The summed E-state index contributed by atoms with van der Waals surface area (Å²) in [5.41, 5.74) is 6.03. The topological polar surface area (TPSA) is 316 Å². The van der Waals surface area contributed by atoms with Gasteiger partial charge in [-0.2, -0.15) is 0 Å². The minimum absolute atomic E-state index is 0.0156. The number of nitrogens with zero attached hydrogens (tertiary/aromatic N) is 1. The Morgan fingerprint density at radius 1 is 0.651 bits per heavy atom. The molecule has 0 aromatic heterocycles. The molecule has 1 rings (SSSR count). The van der Waals surface area contributed by atoms with Gasteiger partial charge in [0.05, 0.1) is 13.1 Å². The molecule has 9 amide bonds. The molecule has 0 aliphatic heterocycles. The summed E-state index contributed by atoms with van der Waals surface area (Å²) >= 11 is 0. The van der Waals surface area contributed by atoms with Gasteiger partial charge in [-0.05, 0) is 50.4 Å². The molecule has 11 N–H and O–H groups in total. The second-order valence-corrected chi connectivity index (χ2v) is 15.1. The molecular weight excluding hydrogens is 821 g/mol. The molecule has 0 fully saturated rings. The smallest absolute Gasteiger partial charge is 0.326 e. The van der Waals surface area contributed by atoms with Gasteiger partial charge in [0.1, 0.15) is 30.2 Å². The van der Waals surface area contributed by atoms with Crippen molar-refractivity contribution in [3.05, 3.63) is 48.0 Å². The summed E-state index contributed by atoms with van der Waals surface area (Å²) in [6.07, 6.45) is 1.63. The quantitative estimate of drug-likeness (QED) is 0.0462. The standard InChI is InChI=1S/C36H53N9O11.C6H15N/c1-19(2)14-24(34(53)41-21(5)33(52)45-31(20(3)4)32(37)51)44-35(54)26(16-38-22(6)46)43-28(48)13-12-27(47)39-17-29(49)40-18-30(50)42-25(36(55)56)15-23-10-8-7-9-11-23;1-4-7(5-2)6-3/h7-13,19-21,24-26,31H,14-18H2,1-6H3,(H2,37,51)(H,38,46)(H,39,47)(H,40,49)(H,41,53)(H,42,50)(H,43,48)(H,44,54)(H,45,52)(H,55,56);4-6H2,1-3H3/b13-12+;/t21-,24-,25-,26-,31-;/m0./s1. The number of rotatable bonds is 26. The average molecular weight is 889 g/mol. The summed E-state index contributed by atoms with van der Waals surface area (Å²) in [6, 6.07) is 2.60. The first-order chi connectivity index (χ1) is 29.5. The third kappa shape index (κ3) is 25.2. The number of carbonyl (C=O) groups is 10. The number of amides is 9. The van der Waals surface area contributed by atoms with Crippen LogP contribution < -0.4 is 48.3 Å². The number of carboxylic acids is 1. The van der Waals surface area contributed by atoms with E-state index >= 15 is 0 Å². The second-order valence-electron chi connectivity index (χ2n) is 15.1. The predicted molar refractivity (Wildman–Crippen MR) is 234 cm³/mol. The first-order valence-corrected chi connectivity index (χ1v) is 20.8. The van der Waals surface area contributed by atoms with Gasteiger partial charge in [-0.1, -0.05) is 78.8 Å². The number of hydrogen-bond acceptors (Lipinski definition) is 11. The Labute approximate surface area is 369 Å². The number of nitrogens with one attached hydrogen (secondary N) is 8. The Bertz CT molecular complexity index is 1710. The molecule has 0 saturated carbocycles. The maximum atomic E-state index is 13.3. The van der Waals surface area contributed by atoms with Crippen LogP contribution in [0, 0.1) is 11.8 Å². The molecule has 5 atom stereocenters. The molecule has 0 radical (unpaired) electrons. The van der Waals surface area contributed by atoms with Crippen molar-refractivity contribution >= 4 is 59.1 Å². The molecule has 0 unspecified atom stereocenters. The molecule has 0 saturated heterocycles. The Hall–Kier alpha value is -6.38. The fraction of sp³-hybridized carbons (Fsp3) is 0.571. The van der Waals surface area contributed by atoms with Crippen LogP contribution in [-0.4, -0.2) is 139 Å². The van der Waals surface area contributed by atoms with E-state index in [4.69, 9.17) is 5.73 Å². The fourth-order valence-corrected chi connectivity index (χ4v) is 5.46. The van der Waals surface area contributed by atoms with E-state index in [1.807, 2.05) is 0 Å². The minimum Gasteiger partial charge on any atom is -0.480 e. The van der Waals surface area contributed by atoms with E-state index in [1.165, 1.54) is 33.5 Å². The van der Waals surface area contributed by atoms with E-state index in [0.717, 1.165) is 12.2 Å². The van der Waals surface area contributed by atoms with Gasteiger partial charge >= 0.3 is 5.97 Å². The van der Waals surface area contributed by atoms with E-state index in [-0.39, 0.29) is 24.7 Å². The van der Waals surface area contributed by atoms with Crippen LogP contribution in [0.25, 0.3) is 0 Å². The average Bonchev–Trinajstić information content (AvgIpc) is 3.21. The van der Waals surface area contributed by atoms with E-state index in [1.54, 1.807) is 58.0 Å². The second kappa shape index (κ2) is 30.6. The first-order valence-electron chi connectivity index (χ1n) is 20.8. The maximum absolute atomic E-state index is 13.3. The minimum atomic E-state index is -1.44. The molecule has 0 heterocycles. The van der Waals surface area contributed by atoms with Crippen molar-refractivity contribution in [1.29, 1.82) is 0 Å². The Morgan fingerprint density at radius 2 is 1.21 bits per heavy atom. The number of primary amides is 1. The van der Waals surface area contributed by atoms with Crippen molar-refractivity contribution in [3.63, 3.8) is 0 Å². The third-order valence-electron chi connectivity index (χ3n) is 9.06. The highest BCUT2D eigenvalue weighted by Gasteiger charge is 2.30. The van der Waals surface area contributed by atoms with Gasteiger partial charge in [-0.15, -0.1) is 0 Å². The van der Waals surface area contributed by atoms with Crippen LogP contribution in [0.2, 0.25) is 0 Å². The largest absolute Gasteiger partial charge is 0.480 e. The van der Waals surface area contributed by atoms with Crippen molar-refractivity contribution in [3.8, 4) is 0 Å². The van der Waals surface area contributed by atoms with Crippen LogP contribution in [0.15, 0.2) is 42.5 Å². The predicted octanol–water partition coefficient (Wildman–Crippen LogP) is -1.78. The zero-order chi connectivity index (χ0) is 48.2. The van der Waals surface area contributed by atoms with Gasteiger partial charge in [-0.3, -0.25) is 43.2 Å². The fourth-order valence-electron chi connectivity index (χ4n) is 5.46. The van der Waals surface area contributed by atoms with Crippen molar-refractivity contribution < 1.29 is 53.1 Å². The molecule has 63 heavy (non-hydrogen) atoms. The molecule has 21 heteroatoms. The van der Waals surface area contributed by atoms with E-state index in [9.17, 15) is 53.1 Å². The Balaban J connectivity index is 0.00000503. The number of hydrogen-bond donors (Lipinski definition) is 10. The maximum Gasteiger partial charge on any atom is 0.326 e. The lowest BCUT2D eigenvalue weighted by Gasteiger charge is -2.26. The van der Waals surface area contributed by atoms with Gasteiger partial charge in [0.25, 0.3) is 0 Å². The van der Waals surface area contributed by atoms with Gasteiger partial charge in [-0.25, -0.2) is 4.79 Å². The molecular formula is C42H68N10O11. The summed E-state index contributed by atoms with van der Waals surface area (Å²) in [5.74, 6) is -8.77. The zero-order valence-corrected chi connectivity index (χ0v) is 37.8. The summed E-state index contributed by atoms with van der Waals surface area (Å²) in [7, 11) is 0. The highest BCUT2D eigenvalue weighted by atomic mass is 16.4. The Morgan fingerprint density at radius 3 is 1.70 bits per heavy atom. The summed E-state index contributed by atoms with van der Waals surface area (Å²) in [5, 5.41) is 28.4. The molecule has 1 aromatic rings. The SMILES string of the molecule is CC(=O)NC[C@H](NC(=O)/C=C/C(=O)NCC(=O)NCC(=O)N[C@@H](Cc1ccccc1)C(=O)O)C(=O)N[C@@H](CC(C)C)C(=O)N[C@@H](C)C(=O)N[C@H](C(N)=O)C(C)C.CCN(CC)CC. The van der Waals surface area contributed by atoms with Crippen LogP contribution in [0.5, 0.6) is 0 Å². The molecule has 0 spiro atoms. The Kier molecular flexibility index (Phi) is 27.5. The van der Waals surface area contributed by atoms with Gasteiger partial charge in [0, 0.05) is 32.0 Å². The van der Waals surface area contributed by atoms with Gasteiger partial charge < -0.3 is 58.3 Å². The third-order valence-corrected chi connectivity index (χ3v) is 9.06. The summed E-state index contributed by atoms with van der Waals surface area (Å²) < 4.78 is 0. The van der Waals surface area contributed by atoms with E-state index in [0.29, 0.717) is 5.56 Å². The van der Waals surface area contributed by atoms with E-state index in [2.05, 4.69) is 68.2 Å². The number of benzene rings is 1. The highest BCUT2D eigenvalue weighted by Crippen LogP contribution is 2.07. The summed E-state index contributed by atoms with van der Waals surface area (Å²) in [4.78, 5) is 126. The normalized spacial score (nSPS) is 13.2. The molecule has 1 aromatic carbocycles. The van der Waals surface area contributed by atoms with Gasteiger partial charge in [0.2, 0.25) is 53.2 Å². The number of carboxylic acid groups (broad SMARTS) is 1. The van der Waals surface area contributed by atoms with Gasteiger partial charge in [0.15, 0.2) is 0 Å². The lowest BCUT2D eigenvalue weighted by molar-refractivity contribution is -0.141. The lowest BCUT2D eigenvalue weighted by atomic mass is 10.0. The number of carbonyl (C=O) groups excluding carboxylic acids is 9. The number of aliphatic carboxylic acids is 1. The van der Waals surface area contributed by atoms with Crippen LogP contribution in [0.1, 0.15) is 74.3 Å². The molecule has 0 aliphatic rings.